The van der Waals surface area contributed by atoms with E-state index >= 15 is 0 Å². The van der Waals surface area contributed by atoms with Crippen LogP contribution < -0.4 is 0 Å². The first-order valence-corrected chi connectivity index (χ1v) is 6.79. The Morgan fingerprint density at radius 1 is 1.41 bits per heavy atom. The van der Waals surface area contributed by atoms with Gasteiger partial charge in [-0.15, -0.1) is 0 Å². The van der Waals surface area contributed by atoms with Crippen LogP contribution in [0.3, 0.4) is 0 Å². The topological polar surface area (TPSA) is 60.4 Å². The number of sulfone groups is 1. The molecule has 0 atom stereocenters. The third-order valence-corrected chi connectivity index (χ3v) is 3.92. The molecule has 1 aromatic rings. The van der Waals surface area contributed by atoms with Crippen molar-refractivity contribution < 1.29 is 22.3 Å². The van der Waals surface area contributed by atoms with Gasteiger partial charge < -0.3 is 4.74 Å². The van der Waals surface area contributed by atoms with Gasteiger partial charge in [-0.1, -0.05) is 13.0 Å². The van der Waals surface area contributed by atoms with E-state index in [2.05, 4.69) is 4.74 Å². The van der Waals surface area contributed by atoms with E-state index in [9.17, 15) is 17.6 Å². The summed E-state index contributed by atoms with van der Waals surface area (Å²) < 4.78 is 40.5. The van der Waals surface area contributed by atoms with Crippen molar-refractivity contribution in [3.05, 3.63) is 35.1 Å². The van der Waals surface area contributed by atoms with E-state index in [0.717, 1.165) is 13.2 Å². The Labute approximate surface area is 99.3 Å². The molecule has 0 fully saturated rings. The molecule has 0 saturated carbocycles. The summed E-state index contributed by atoms with van der Waals surface area (Å²) in [6.07, 6.45) is 0. The molecule has 0 aliphatic rings. The van der Waals surface area contributed by atoms with Crippen LogP contribution in [-0.4, -0.2) is 27.2 Å². The molecule has 0 spiro atoms. The van der Waals surface area contributed by atoms with Crippen molar-refractivity contribution in [1.29, 1.82) is 0 Å². The van der Waals surface area contributed by atoms with Gasteiger partial charge in [0.25, 0.3) is 0 Å². The number of hydrogen-bond donors (Lipinski definition) is 0. The summed E-state index contributed by atoms with van der Waals surface area (Å²) in [4.78, 5) is 11.1. The van der Waals surface area contributed by atoms with Crippen LogP contribution in [0.15, 0.2) is 18.2 Å². The maximum atomic E-state index is 13.5. The molecule has 0 aliphatic heterocycles. The summed E-state index contributed by atoms with van der Waals surface area (Å²) in [5.74, 6) is -1.80. The Balaban J connectivity index is 3.01. The maximum Gasteiger partial charge on any atom is 0.340 e. The van der Waals surface area contributed by atoms with Gasteiger partial charge in [0.1, 0.15) is 5.82 Å². The van der Waals surface area contributed by atoms with Crippen LogP contribution in [0.5, 0.6) is 0 Å². The summed E-state index contributed by atoms with van der Waals surface area (Å²) in [5, 5.41) is 0. The van der Waals surface area contributed by atoms with Gasteiger partial charge in [0.2, 0.25) is 0 Å². The van der Waals surface area contributed by atoms with Gasteiger partial charge in [0.15, 0.2) is 9.84 Å². The van der Waals surface area contributed by atoms with Crippen LogP contribution in [0.25, 0.3) is 0 Å². The molecule has 1 aromatic carbocycles. The van der Waals surface area contributed by atoms with Crippen molar-refractivity contribution >= 4 is 15.8 Å². The van der Waals surface area contributed by atoms with Gasteiger partial charge in [-0.25, -0.2) is 17.6 Å². The average Bonchev–Trinajstić information content (AvgIpc) is 2.28. The second-order valence-electron chi connectivity index (χ2n) is 3.48. The van der Waals surface area contributed by atoms with Gasteiger partial charge in [-0.05, 0) is 17.7 Å². The van der Waals surface area contributed by atoms with Crippen molar-refractivity contribution in [1.82, 2.24) is 0 Å². The van der Waals surface area contributed by atoms with Gasteiger partial charge in [-0.3, -0.25) is 0 Å². The first-order valence-electron chi connectivity index (χ1n) is 4.96. The van der Waals surface area contributed by atoms with Gasteiger partial charge in [0, 0.05) is 5.75 Å². The van der Waals surface area contributed by atoms with E-state index in [0.29, 0.717) is 5.56 Å². The SMILES string of the molecule is CCS(=O)(=O)Cc1ccc(C(=O)OC)c(F)c1. The monoisotopic (exact) mass is 260 g/mol. The number of hydrogen-bond acceptors (Lipinski definition) is 4. The number of esters is 1. The summed E-state index contributed by atoms with van der Waals surface area (Å²) in [5.41, 5.74) is 0.113. The second-order valence-corrected chi connectivity index (χ2v) is 5.84. The lowest BCUT2D eigenvalue weighted by Crippen LogP contribution is -2.09. The minimum atomic E-state index is -3.21. The fourth-order valence-corrected chi connectivity index (χ4v) is 2.17. The molecule has 0 aromatic heterocycles. The lowest BCUT2D eigenvalue weighted by atomic mass is 10.1. The molecular formula is C11H13FO4S. The predicted octanol–water partition coefficient (Wildman–Crippen LogP) is 1.55. The molecule has 0 N–H and O–H groups in total. The number of methoxy groups -OCH3 is 1. The van der Waals surface area contributed by atoms with E-state index in [-0.39, 0.29) is 17.1 Å². The Kier molecular flexibility index (Phi) is 4.22. The molecule has 1 rings (SSSR count). The summed E-state index contributed by atoms with van der Waals surface area (Å²) in [6, 6.07) is 3.67. The van der Waals surface area contributed by atoms with Crippen LogP contribution in [0.1, 0.15) is 22.8 Å². The van der Waals surface area contributed by atoms with Crippen molar-refractivity contribution in [2.75, 3.05) is 12.9 Å². The summed E-state index contributed by atoms with van der Waals surface area (Å²) in [6.45, 7) is 1.52. The molecule has 0 saturated heterocycles. The molecule has 0 radical (unpaired) electrons. The normalized spacial score (nSPS) is 11.2. The Morgan fingerprint density at radius 2 is 2.06 bits per heavy atom. The van der Waals surface area contributed by atoms with E-state index in [4.69, 9.17) is 0 Å². The minimum Gasteiger partial charge on any atom is -0.465 e. The van der Waals surface area contributed by atoms with E-state index in [1.54, 1.807) is 0 Å². The third kappa shape index (κ3) is 3.52. The zero-order chi connectivity index (χ0) is 13.1. The predicted molar refractivity (Wildman–Crippen MR) is 60.9 cm³/mol. The molecule has 0 bridgehead atoms. The molecular weight excluding hydrogens is 247 g/mol. The summed E-state index contributed by atoms with van der Waals surface area (Å²) in [7, 11) is -2.06. The zero-order valence-electron chi connectivity index (χ0n) is 9.57. The average molecular weight is 260 g/mol. The van der Waals surface area contributed by atoms with Crippen molar-refractivity contribution in [2.45, 2.75) is 12.7 Å². The maximum absolute atomic E-state index is 13.5. The largest absolute Gasteiger partial charge is 0.465 e. The Morgan fingerprint density at radius 3 is 2.53 bits per heavy atom. The highest BCUT2D eigenvalue weighted by Gasteiger charge is 2.15. The lowest BCUT2D eigenvalue weighted by molar-refractivity contribution is 0.0595. The first kappa shape index (κ1) is 13.6. The number of carbonyl (C=O) groups is 1. The molecule has 0 aliphatic carbocycles. The number of ether oxygens (including phenoxy) is 1. The van der Waals surface area contributed by atoms with Crippen molar-refractivity contribution in [3.63, 3.8) is 0 Å². The van der Waals surface area contributed by atoms with Crippen molar-refractivity contribution in [2.24, 2.45) is 0 Å². The molecule has 0 heterocycles. The number of carbonyl (C=O) groups excluding carboxylic acids is 1. The zero-order valence-corrected chi connectivity index (χ0v) is 10.4. The van der Waals surface area contributed by atoms with Crippen LogP contribution in [0.4, 0.5) is 4.39 Å². The van der Waals surface area contributed by atoms with Crippen LogP contribution >= 0.6 is 0 Å². The highest BCUT2D eigenvalue weighted by Crippen LogP contribution is 2.14. The molecule has 17 heavy (non-hydrogen) atoms. The number of benzene rings is 1. The second kappa shape index (κ2) is 5.27. The molecule has 6 heteroatoms. The number of halogens is 1. The van der Waals surface area contributed by atoms with E-state index in [1.807, 2.05) is 0 Å². The molecule has 0 amide bonds. The van der Waals surface area contributed by atoms with E-state index < -0.39 is 21.6 Å². The van der Waals surface area contributed by atoms with Crippen LogP contribution in [0.2, 0.25) is 0 Å². The van der Waals surface area contributed by atoms with Gasteiger partial charge >= 0.3 is 5.97 Å². The molecule has 94 valence electrons. The van der Waals surface area contributed by atoms with Crippen molar-refractivity contribution in [3.8, 4) is 0 Å². The van der Waals surface area contributed by atoms with Crippen LogP contribution in [-0.2, 0) is 20.3 Å². The fourth-order valence-electron chi connectivity index (χ4n) is 1.28. The van der Waals surface area contributed by atoms with Gasteiger partial charge in [-0.2, -0.15) is 0 Å². The summed E-state index contributed by atoms with van der Waals surface area (Å²) >= 11 is 0. The Hall–Kier alpha value is -1.43. The first-order chi connectivity index (χ1) is 7.89. The highest BCUT2D eigenvalue weighted by molar-refractivity contribution is 7.90. The molecule has 4 nitrogen and oxygen atoms in total. The number of rotatable bonds is 4. The van der Waals surface area contributed by atoms with Gasteiger partial charge in [0.05, 0.1) is 18.4 Å². The Bertz CT molecular complexity index is 522. The lowest BCUT2D eigenvalue weighted by Gasteiger charge is -2.05. The smallest absolute Gasteiger partial charge is 0.340 e. The molecule has 0 unspecified atom stereocenters. The quantitative estimate of drug-likeness (QED) is 0.771. The standard InChI is InChI=1S/C11H13FO4S/c1-3-17(14,15)7-8-4-5-9(10(12)6-8)11(13)16-2/h4-6H,3,7H2,1-2H3. The third-order valence-electron chi connectivity index (χ3n) is 2.27. The highest BCUT2D eigenvalue weighted by atomic mass is 32.2. The van der Waals surface area contributed by atoms with E-state index in [1.165, 1.54) is 19.1 Å². The minimum absolute atomic E-state index is 0.00658. The fraction of sp³-hybridized carbons (Fsp3) is 0.364. The van der Waals surface area contributed by atoms with Crippen LogP contribution in [0, 0.1) is 5.82 Å².